The molecule has 0 aromatic heterocycles. The zero-order valence-electron chi connectivity index (χ0n) is 17.0. The Morgan fingerprint density at radius 3 is 2.48 bits per heavy atom. The first-order valence-corrected chi connectivity index (χ1v) is 9.60. The number of amides is 3. The highest BCUT2D eigenvalue weighted by Gasteiger charge is 2.43. The Labute approximate surface area is 178 Å². The lowest BCUT2D eigenvalue weighted by Gasteiger charge is -2.26. The molecule has 0 N–H and O–H groups in total. The molecule has 31 heavy (non-hydrogen) atoms. The van der Waals surface area contributed by atoms with Gasteiger partial charge in [-0.25, -0.2) is 9.69 Å². The smallest absolute Gasteiger partial charge is 0.337 e. The number of hydrogen-bond acceptors (Lipinski definition) is 7. The second-order valence-corrected chi connectivity index (χ2v) is 7.16. The van der Waals surface area contributed by atoms with E-state index in [1.54, 1.807) is 18.2 Å². The van der Waals surface area contributed by atoms with Crippen LogP contribution in [-0.2, 0) is 25.7 Å². The van der Waals surface area contributed by atoms with E-state index in [1.165, 1.54) is 43.2 Å². The highest BCUT2D eigenvalue weighted by atomic mass is 16.7. The van der Waals surface area contributed by atoms with Gasteiger partial charge in [-0.05, 0) is 42.0 Å². The average Bonchev–Trinajstić information content (AvgIpc) is 3.34. The van der Waals surface area contributed by atoms with Crippen LogP contribution in [0.15, 0.2) is 42.5 Å². The van der Waals surface area contributed by atoms with Crippen LogP contribution in [0.25, 0.3) is 0 Å². The molecule has 2 aromatic carbocycles. The number of nitrogens with zero attached hydrogens (tertiary/aromatic N) is 2. The first-order chi connectivity index (χ1) is 14.9. The van der Waals surface area contributed by atoms with E-state index in [-0.39, 0.29) is 25.7 Å². The summed E-state index contributed by atoms with van der Waals surface area (Å²) in [5, 5.41) is 0. The molecule has 1 unspecified atom stereocenters. The summed E-state index contributed by atoms with van der Waals surface area (Å²) in [6.07, 6.45) is -0.123. The Balaban J connectivity index is 1.55. The predicted octanol–water partition coefficient (Wildman–Crippen LogP) is 1.88. The van der Waals surface area contributed by atoms with E-state index in [0.717, 1.165) is 10.5 Å². The number of carbonyl (C=O) groups excluding carboxylic acids is 4. The van der Waals surface area contributed by atoms with Gasteiger partial charge < -0.3 is 19.1 Å². The maximum absolute atomic E-state index is 13.1. The van der Waals surface area contributed by atoms with Gasteiger partial charge in [0.25, 0.3) is 5.91 Å². The minimum absolute atomic E-state index is 0.123. The number of fused-ring (bicyclic) bond motifs is 1. The quantitative estimate of drug-likeness (QED) is 0.533. The average molecular weight is 424 g/mol. The molecule has 2 heterocycles. The largest absolute Gasteiger partial charge is 0.465 e. The van der Waals surface area contributed by atoms with Crippen LogP contribution in [0.2, 0.25) is 0 Å². The number of rotatable bonds is 5. The molecule has 0 spiro atoms. The van der Waals surface area contributed by atoms with Gasteiger partial charge in [0.1, 0.15) is 6.04 Å². The standard InChI is InChI=1S/C22H20N2O7/c1-13(25)23(11-14-3-8-18-19(9-14)31-12-30-18)17-10-20(26)24(21(17)27)16-6-4-15(5-7-16)22(28)29-2/h3-9,17H,10-12H2,1-2H3. The van der Waals surface area contributed by atoms with E-state index in [4.69, 9.17) is 9.47 Å². The number of esters is 1. The SMILES string of the molecule is COC(=O)c1ccc(N2C(=O)CC(N(Cc3ccc4c(c3)OCO4)C(C)=O)C2=O)cc1. The molecule has 1 atom stereocenters. The molecule has 4 rings (SSSR count). The molecule has 9 heteroatoms. The summed E-state index contributed by atoms with van der Waals surface area (Å²) in [7, 11) is 1.27. The van der Waals surface area contributed by atoms with Crippen molar-refractivity contribution in [1.29, 1.82) is 0 Å². The molecule has 0 radical (unpaired) electrons. The molecule has 1 saturated heterocycles. The third-order valence-corrected chi connectivity index (χ3v) is 5.24. The van der Waals surface area contributed by atoms with Gasteiger partial charge in [0.05, 0.1) is 24.8 Å². The molecule has 2 aromatic rings. The summed E-state index contributed by atoms with van der Waals surface area (Å²) < 4.78 is 15.3. The highest BCUT2D eigenvalue weighted by Crippen LogP contribution is 2.33. The molecule has 2 aliphatic rings. The Morgan fingerprint density at radius 2 is 1.81 bits per heavy atom. The normalized spacial score (nSPS) is 17.1. The monoisotopic (exact) mass is 424 g/mol. The number of methoxy groups -OCH3 is 1. The summed E-state index contributed by atoms with van der Waals surface area (Å²) in [5.74, 6) is -0.569. The van der Waals surface area contributed by atoms with E-state index >= 15 is 0 Å². The lowest BCUT2D eigenvalue weighted by molar-refractivity contribution is -0.137. The van der Waals surface area contributed by atoms with Crippen molar-refractivity contribution in [3.05, 3.63) is 53.6 Å². The fourth-order valence-corrected chi connectivity index (χ4v) is 3.67. The van der Waals surface area contributed by atoms with Crippen LogP contribution in [0.1, 0.15) is 29.3 Å². The third-order valence-electron chi connectivity index (χ3n) is 5.24. The Morgan fingerprint density at radius 1 is 1.10 bits per heavy atom. The second-order valence-electron chi connectivity index (χ2n) is 7.16. The van der Waals surface area contributed by atoms with E-state index in [0.29, 0.717) is 22.7 Å². The minimum Gasteiger partial charge on any atom is -0.465 e. The Bertz CT molecular complexity index is 1060. The molecule has 0 bridgehead atoms. The topological polar surface area (TPSA) is 102 Å². The number of ether oxygens (including phenoxy) is 3. The highest BCUT2D eigenvalue weighted by molar-refractivity contribution is 6.23. The van der Waals surface area contributed by atoms with Crippen LogP contribution in [0.4, 0.5) is 5.69 Å². The van der Waals surface area contributed by atoms with Crippen molar-refractivity contribution >= 4 is 29.4 Å². The molecule has 0 aliphatic carbocycles. The van der Waals surface area contributed by atoms with Crippen LogP contribution in [-0.4, -0.2) is 48.5 Å². The van der Waals surface area contributed by atoms with Gasteiger partial charge in [-0.1, -0.05) is 6.07 Å². The zero-order valence-corrected chi connectivity index (χ0v) is 17.0. The fourth-order valence-electron chi connectivity index (χ4n) is 3.67. The van der Waals surface area contributed by atoms with E-state index < -0.39 is 23.8 Å². The van der Waals surface area contributed by atoms with Gasteiger partial charge in [-0.15, -0.1) is 0 Å². The van der Waals surface area contributed by atoms with E-state index in [2.05, 4.69) is 4.74 Å². The molecular formula is C22H20N2O7. The van der Waals surface area contributed by atoms with Crippen molar-refractivity contribution < 1.29 is 33.4 Å². The summed E-state index contributed by atoms with van der Waals surface area (Å²) in [4.78, 5) is 52.1. The number of benzene rings is 2. The maximum Gasteiger partial charge on any atom is 0.337 e. The fraction of sp³-hybridized carbons (Fsp3) is 0.273. The molecule has 3 amide bonds. The molecule has 160 valence electrons. The minimum atomic E-state index is -0.921. The lowest BCUT2D eigenvalue weighted by atomic mass is 10.1. The van der Waals surface area contributed by atoms with Crippen LogP contribution >= 0.6 is 0 Å². The Hall–Kier alpha value is -3.88. The second kappa shape index (κ2) is 8.10. The summed E-state index contributed by atoms with van der Waals surface area (Å²) in [6.45, 7) is 1.64. The zero-order chi connectivity index (χ0) is 22.1. The van der Waals surface area contributed by atoms with Crippen LogP contribution < -0.4 is 14.4 Å². The molecule has 9 nitrogen and oxygen atoms in total. The van der Waals surface area contributed by atoms with Crippen molar-refractivity contribution in [3.8, 4) is 11.5 Å². The van der Waals surface area contributed by atoms with Gasteiger partial charge in [-0.2, -0.15) is 0 Å². The van der Waals surface area contributed by atoms with Crippen molar-refractivity contribution in [2.45, 2.75) is 25.9 Å². The summed E-state index contributed by atoms with van der Waals surface area (Å²) in [5.41, 5.74) is 1.38. The molecule has 1 fully saturated rings. The Kier molecular flexibility index (Phi) is 5.33. The predicted molar refractivity (Wildman–Crippen MR) is 107 cm³/mol. The number of imide groups is 1. The van der Waals surface area contributed by atoms with Gasteiger partial charge >= 0.3 is 5.97 Å². The number of hydrogen-bond donors (Lipinski definition) is 0. The number of carbonyl (C=O) groups is 4. The van der Waals surface area contributed by atoms with Gasteiger partial charge in [-0.3, -0.25) is 14.4 Å². The number of anilines is 1. The summed E-state index contributed by atoms with van der Waals surface area (Å²) in [6, 6.07) is 10.3. The van der Waals surface area contributed by atoms with Crippen LogP contribution in [0, 0.1) is 0 Å². The maximum atomic E-state index is 13.1. The molecular weight excluding hydrogens is 404 g/mol. The van der Waals surface area contributed by atoms with Gasteiger partial charge in [0, 0.05) is 13.5 Å². The van der Waals surface area contributed by atoms with Crippen LogP contribution in [0.5, 0.6) is 11.5 Å². The lowest BCUT2D eigenvalue weighted by Crippen LogP contribution is -2.44. The molecule has 2 aliphatic heterocycles. The van der Waals surface area contributed by atoms with Gasteiger partial charge in [0.15, 0.2) is 11.5 Å². The van der Waals surface area contributed by atoms with E-state index in [9.17, 15) is 19.2 Å². The molecule has 0 saturated carbocycles. The van der Waals surface area contributed by atoms with Crippen molar-refractivity contribution in [2.75, 3.05) is 18.8 Å². The summed E-state index contributed by atoms with van der Waals surface area (Å²) >= 11 is 0. The van der Waals surface area contributed by atoms with Crippen molar-refractivity contribution in [2.24, 2.45) is 0 Å². The van der Waals surface area contributed by atoms with Crippen molar-refractivity contribution in [3.63, 3.8) is 0 Å². The first-order valence-electron chi connectivity index (χ1n) is 9.60. The third kappa shape index (κ3) is 3.81. The first kappa shape index (κ1) is 20.4. The van der Waals surface area contributed by atoms with Gasteiger partial charge in [0.2, 0.25) is 18.6 Å². The van der Waals surface area contributed by atoms with E-state index in [1.807, 2.05) is 0 Å². The van der Waals surface area contributed by atoms with Crippen LogP contribution in [0.3, 0.4) is 0 Å². The van der Waals surface area contributed by atoms with Crippen molar-refractivity contribution in [1.82, 2.24) is 4.90 Å².